The van der Waals surface area contributed by atoms with Crippen molar-refractivity contribution in [2.45, 2.75) is 26.8 Å². The summed E-state index contributed by atoms with van der Waals surface area (Å²) >= 11 is 0. The topological polar surface area (TPSA) is 21.3 Å². The van der Waals surface area contributed by atoms with Crippen molar-refractivity contribution >= 4 is 12.4 Å². The molecule has 1 heterocycles. The van der Waals surface area contributed by atoms with E-state index in [4.69, 9.17) is 4.74 Å². The third-order valence-corrected chi connectivity index (χ3v) is 1.97. The van der Waals surface area contributed by atoms with E-state index >= 15 is 0 Å². The van der Waals surface area contributed by atoms with Gasteiger partial charge >= 0.3 is 0 Å². The summed E-state index contributed by atoms with van der Waals surface area (Å²) in [5.74, 6) is 0. The van der Waals surface area contributed by atoms with E-state index in [0.29, 0.717) is 11.5 Å². The molecule has 1 atom stereocenters. The van der Waals surface area contributed by atoms with Crippen LogP contribution in [0, 0.1) is 5.41 Å². The molecule has 1 fully saturated rings. The third kappa shape index (κ3) is 3.41. The highest BCUT2D eigenvalue weighted by Gasteiger charge is 2.25. The molecule has 11 heavy (non-hydrogen) atoms. The van der Waals surface area contributed by atoms with E-state index in [0.717, 1.165) is 19.8 Å². The number of hydrogen-bond donors (Lipinski definition) is 1. The Morgan fingerprint density at radius 3 is 2.27 bits per heavy atom. The van der Waals surface area contributed by atoms with Gasteiger partial charge in [0.15, 0.2) is 0 Å². The fraction of sp³-hybridized carbons (Fsp3) is 1.00. The first-order valence-electron chi connectivity index (χ1n) is 3.92. The van der Waals surface area contributed by atoms with Crippen LogP contribution in [0.4, 0.5) is 0 Å². The molecule has 0 aromatic carbocycles. The van der Waals surface area contributed by atoms with E-state index in [1.54, 1.807) is 0 Å². The number of nitrogens with one attached hydrogen (secondary N) is 1. The molecule has 0 unspecified atom stereocenters. The van der Waals surface area contributed by atoms with Gasteiger partial charge in [-0.25, -0.2) is 0 Å². The number of morpholine rings is 1. The van der Waals surface area contributed by atoms with Gasteiger partial charge in [0.1, 0.15) is 0 Å². The molecule has 0 amide bonds. The summed E-state index contributed by atoms with van der Waals surface area (Å²) in [5, 5.41) is 3.43. The average molecular weight is 180 g/mol. The Kier molecular flexibility index (Phi) is 4.37. The van der Waals surface area contributed by atoms with Crippen LogP contribution in [0.1, 0.15) is 20.8 Å². The smallest absolute Gasteiger partial charge is 0.0625 e. The Balaban J connectivity index is 0.000001000. The molecule has 0 radical (unpaired) electrons. The van der Waals surface area contributed by atoms with Gasteiger partial charge in [-0.15, -0.1) is 12.4 Å². The van der Waals surface area contributed by atoms with Gasteiger partial charge in [0, 0.05) is 12.6 Å². The molecule has 1 rings (SSSR count). The van der Waals surface area contributed by atoms with E-state index in [9.17, 15) is 0 Å². The van der Waals surface area contributed by atoms with Crippen LogP contribution < -0.4 is 5.32 Å². The molecule has 0 bridgehead atoms. The van der Waals surface area contributed by atoms with Crippen molar-refractivity contribution in [3.8, 4) is 0 Å². The molecule has 1 aliphatic heterocycles. The summed E-state index contributed by atoms with van der Waals surface area (Å²) in [5.41, 5.74) is 0.334. The van der Waals surface area contributed by atoms with E-state index in [1.807, 2.05) is 0 Å². The fourth-order valence-corrected chi connectivity index (χ4v) is 1.12. The van der Waals surface area contributed by atoms with Crippen LogP contribution in [0.3, 0.4) is 0 Å². The monoisotopic (exact) mass is 179 g/mol. The molecule has 0 aliphatic carbocycles. The molecule has 0 aromatic heterocycles. The quantitative estimate of drug-likeness (QED) is 0.608. The zero-order valence-electron chi connectivity index (χ0n) is 7.52. The number of rotatable bonds is 0. The summed E-state index contributed by atoms with van der Waals surface area (Å²) in [6, 6.07) is 0.529. The van der Waals surface area contributed by atoms with Crippen LogP contribution in [-0.2, 0) is 4.74 Å². The Morgan fingerprint density at radius 2 is 2.00 bits per heavy atom. The van der Waals surface area contributed by atoms with E-state index in [2.05, 4.69) is 26.1 Å². The van der Waals surface area contributed by atoms with Crippen molar-refractivity contribution in [2.75, 3.05) is 19.8 Å². The number of halogens is 1. The largest absolute Gasteiger partial charge is 0.378 e. The Bertz CT molecular complexity index is 105. The molecule has 3 heteroatoms. The molecule has 1 N–H and O–H groups in total. The molecule has 1 aliphatic rings. The van der Waals surface area contributed by atoms with E-state index < -0.39 is 0 Å². The first-order valence-corrected chi connectivity index (χ1v) is 3.92. The Hall–Kier alpha value is 0.210. The fourth-order valence-electron chi connectivity index (χ4n) is 1.12. The van der Waals surface area contributed by atoms with Crippen LogP contribution in [0.15, 0.2) is 0 Å². The van der Waals surface area contributed by atoms with Gasteiger partial charge in [0.25, 0.3) is 0 Å². The molecule has 0 spiro atoms. The van der Waals surface area contributed by atoms with Gasteiger partial charge in [0.2, 0.25) is 0 Å². The third-order valence-electron chi connectivity index (χ3n) is 1.97. The summed E-state index contributed by atoms with van der Waals surface area (Å²) in [4.78, 5) is 0. The lowest BCUT2D eigenvalue weighted by molar-refractivity contribution is 0.0392. The van der Waals surface area contributed by atoms with Crippen molar-refractivity contribution < 1.29 is 4.74 Å². The first-order chi connectivity index (χ1) is 4.61. The van der Waals surface area contributed by atoms with Gasteiger partial charge < -0.3 is 10.1 Å². The molecule has 2 nitrogen and oxygen atoms in total. The van der Waals surface area contributed by atoms with Crippen LogP contribution in [0.5, 0.6) is 0 Å². The zero-order chi connectivity index (χ0) is 7.61. The summed E-state index contributed by atoms with van der Waals surface area (Å²) in [6.07, 6.45) is 0. The lowest BCUT2D eigenvalue weighted by atomic mass is 9.87. The van der Waals surface area contributed by atoms with Gasteiger partial charge in [-0.05, 0) is 5.41 Å². The van der Waals surface area contributed by atoms with Crippen LogP contribution in [-0.4, -0.2) is 25.8 Å². The normalized spacial score (nSPS) is 25.9. The standard InChI is InChI=1S/C8H17NO.ClH/c1-8(2,3)7-6-10-5-4-9-7;/h7,9H,4-6H2,1-3H3;1H/t7-;/m1./s1. The summed E-state index contributed by atoms with van der Waals surface area (Å²) in [7, 11) is 0. The van der Waals surface area contributed by atoms with Gasteiger partial charge in [-0.2, -0.15) is 0 Å². The first kappa shape index (κ1) is 11.2. The lowest BCUT2D eigenvalue weighted by Crippen LogP contribution is -2.48. The van der Waals surface area contributed by atoms with Crippen molar-refractivity contribution in [1.29, 1.82) is 0 Å². The SMILES string of the molecule is CC(C)(C)[C@H]1COCCN1.Cl. The average Bonchev–Trinajstić information content (AvgIpc) is 1.88. The molecule has 0 aromatic rings. The van der Waals surface area contributed by atoms with Gasteiger partial charge in [-0.3, -0.25) is 0 Å². The second-order valence-corrected chi connectivity index (χ2v) is 3.95. The maximum absolute atomic E-state index is 5.35. The zero-order valence-corrected chi connectivity index (χ0v) is 8.33. The highest BCUT2D eigenvalue weighted by atomic mass is 35.5. The molecular formula is C8H18ClNO. The number of hydrogen-bond acceptors (Lipinski definition) is 2. The maximum atomic E-state index is 5.35. The highest BCUT2D eigenvalue weighted by Crippen LogP contribution is 2.20. The second kappa shape index (κ2) is 4.29. The minimum absolute atomic E-state index is 0. The highest BCUT2D eigenvalue weighted by molar-refractivity contribution is 5.85. The minimum atomic E-state index is 0. The van der Waals surface area contributed by atoms with Crippen molar-refractivity contribution in [3.63, 3.8) is 0 Å². The van der Waals surface area contributed by atoms with Crippen molar-refractivity contribution in [1.82, 2.24) is 5.32 Å². The van der Waals surface area contributed by atoms with Crippen molar-refractivity contribution in [2.24, 2.45) is 5.41 Å². The van der Waals surface area contributed by atoms with E-state index in [-0.39, 0.29) is 12.4 Å². The summed E-state index contributed by atoms with van der Waals surface area (Å²) < 4.78 is 5.35. The molecule has 1 saturated heterocycles. The maximum Gasteiger partial charge on any atom is 0.0625 e. The van der Waals surface area contributed by atoms with Crippen LogP contribution >= 0.6 is 12.4 Å². The van der Waals surface area contributed by atoms with Crippen molar-refractivity contribution in [3.05, 3.63) is 0 Å². The molecule has 68 valence electrons. The lowest BCUT2D eigenvalue weighted by Gasteiger charge is -2.34. The number of ether oxygens (including phenoxy) is 1. The summed E-state index contributed by atoms with van der Waals surface area (Å²) in [6.45, 7) is 9.44. The van der Waals surface area contributed by atoms with E-state index in [1.165, 1.54) is 0 Å². The minimum Gasteiger partial charge on any atom is -0.378 e. The Morgan fingerprint density at radius 1 is 1.36 bits per heavy atom. The predicted molar refractivity (Wildman–Crippen MR) is 49.3 cm³/mol. The predicted octanol–water partition coefficient (Wildman–Crippen LogP) is 1.44. The van der Waals surface area contributed by atoms with Gasteiger partial charge in [-0.1, -0.05) is 20.8 Å². The Labute approximate surface area is 75.1 Å². The second-order valence-electron chi connectivity index (χ2n) is 3.95. The van der Waals surface area contributed by atoms with Crippen LogP contribution in [0.25, 0.3) is 0 Å². The molecular weight excluding hydrogens is 162 g/mol. The van der Waals surface area contributed by atoms with Gasteiger partial charge in [0.05, 0.1) is 13.2 Å². The van der Waals surface area contributed by atoms with Crippen LogP contribution in [0.2, 0.25) is 0 Å². The molecule has 0 saturated carbocycles.